The summed E-state index contributed by atoms with van der Waals surface area (Å²) in [5, 5.41) is 0.373. The van der Waals surface area contributed by atoms with E-state index in [1.54, 1.807) is 25.1 Å². The van der Waals surface area contributed by atoms with Crippen LogP contribution in [-0.4, -0.2) is 23.0 Å². The predicted molar refractivity (Wildman–Crippen MR) is 60.6 cm³/mol. The molecule has 4 nitrogen and oxygen atoms in total. The summed E-state index contributed by atoms with van der Waals surface area (Å²) in [5.41, 5.74) is 2.37. The van der Waals surface area contributed by atoms with Gasteiger partial charge in [-0.15, -0.1) is 0 Å². The highest BCUT2D eigenvalue weighted by atomic mass is 35.5. The third-order valence-corrected chi connectivity index (χ3v) is 2.56. The van der Waals surface area contributed by atoms with Crippen LogP contribution in [0, 0.1) is 6.92 Å². The molecule has 16 heavy (non-hydrogen) atoms. The van der Waals surface area contributed by atoms with Crippen molar-refractivity contribution in [2.24, 2.45) is 0 Å². The average molecular weight is 237 g/mol. The highest BCUT2D eigenvalue weighted by Gasteiger charge is 2.08. The molecular formula is C11H9ClN2O2. The van der Waals surface area contributed by atoms with E-state index in [-0.39, 0.29) is 0 Å². The molecule has 0 aliphatic heterocycles. The van der Waals surface area contributed by atoms with E-state index in [0.29, 0.717) is 27.4 Å². The van der Waals surface area contributed by atoms with Crippen molar-refractivity contribution >= 4 is 28.6 Å². The van der Waals surface area contributed by atoms with E-state index in [4.69, 9.17) is 11.6 Å². The minimum atomic E-state index is -0.392. The summed E-state index contributed by atoms with van der Waals surface area (Å²) in [7, 11) is 1.34. The molecular weight excluding hydrogens is 228 g/mol. The monoisotopic (exact) mass is 236 g/mol. The fraction of sp³-hybridized carbons (Fsp3) is 0.182. The Labute approximate surface area is 97.2 Å². The minimum Gasteiger partial charge on any atom is -0.465 e. The smallest absolute Gasteiger partial charge is 0.337 e. The van der Waals surface area contributed by atoms with Gasteiger partial charge in [0, 0.05) is 0 Å². The van der Waals surface area contributed by atoms with Crippen LogP contribution in [0.15, 0.2) is 18.2 Å². The van der Waals surface area contributed by atoms with Crippen molar-refractivity contribution in [2.75, 3.05) is 7.11 Å². The van der Waals surface area contributed by atoms with Crippen molar-refractivity contribution in [3.63, 3.8) is 0 Å². The number of hydrogen-bond acceptors (Lipinski definition) is 4. The molecule has 82 valence electrons. The highest BCUT2D eigenvalue weighted by Crippen LogP contribution is 2.17. The standard InChI is InChI=1S/C11H9ClN2O2/c1-6-10(12)14-8-4-3-7(11(15)16-2)5-9(8)13-6/h3-5H,1-2H3. The highest BCUT2D eigenvalue weighted by molar-refractivity contribution is 6.30. The Morgan fingerprint density at radius 1 is 1.31 bits per heavy atom. The van der Waals surface area contributed by atoms with Crippen LogP contribution in [0.2, 0.25) is 5.15 Å². The van der Waals surface area contributed by atoms with Gasteiger partial charge in [0.15, 0.2) is 5.15 Å². The molecule has 0 saturated carbocycles. The Hall–Kier alpha value is -1.68. The molecule has 2 rings (SSSR count). The summed E-state index contributed by atoms with van der Waals surface area (Å²) in [4.78, 5) is 19.7. The van der Waals surface area contributed by atoms with Crippen LogP contribution in [-0.2, 0) is 4.74 Å². The molecule has 5 heteroatoms. The van der Waals surface area contributed by atoms with Crippen molar-refractivity contribution in [1.82, 2.24) is 9.97 Å². The van der Waals surface area contributed by atoms with Crippen molar-refractivity contribution < 1.29 is 9.53 Å². The molecule has 0 unspecified atom stereocenters. The lowest BCUT2D eigenvalue weighted by molar-refractivity contribution is 0.0601. The largest absolute Gasteiger partial charge is 0.465 e. The van der Waals surface area contributed by atoms with Gasteiger partial charge in [0.25, 0.3) is 0 Å². The minimum absolute atomic E-state index is 0.373. The third-order valence-electron chi connectivity index (χ3n) is 2.20. The van der Waals surface area contributed by atoms with Gasteiger partial charge in [-0.05, 0) is 25.1 Å². The van der Waals surface area contributed by atoms with Crippen LogP contribution in [0.1, 0.15) is 16.1 Å². The summed E-state index contributed by atoms with van der Waals surface area (Å²) < 4.78 is 4.63. The number of carbonyl (C=O) groups excluding carboxylic acids is 1. The normalized spacial score (nSPS) is 10.4. The second kappa shape index (κ2) is 4.06. The van der Waals surface area contributed by atoms with E-state index >= 15 is 0 Å². The number of rotatable bonds is 1. The van der Waals surface area contributed by atoms with E-state index in [1.165, 1.54) is 7.11 Å². The molecule has 2 aromatic rings. The molecule has 0 bridgehead atoms. The molecule has 1 heterocycles. The third kappa shape index (κ3) is 1.84. The number of esters is 1. The maximum atomic E-state index is 11.3. The second-order valence-corrected chi connectivity index (χ2v) is 3.65. The topological polar surface area (TPSA) is 52.1 Å². The number of ether oxygens (including phenoxy) is 1. The fourth-order valence-corrected chi connectivity index (χ4v) is 1.50. The Morgan fingerprint density at radius 2 is 2.06 bits per heavy atom. The van der Waals surface area contributed by atoms with Gasteiger partial charge in [-0.3, -0.25) is 0 Å². The first-order valence-corrected chi connectivity index (χ1v) is 5.02. The molecule has 0 aliphatic carbocycles. The van der Waals surface area contributed by atoms with Crippen LogP contribution >= 0.6 is 11.6 Å². The molecule has 0 saturated heterocycles. The van der Waals surface area contributed by atoms with E-state index in [1.807, 2.05) is 0 Å². The Balaban J connectivity index is 2.62. The first kappa shape index (κ1) is 10.8. The van der Waals surface area contributed by atoms with Crippen LogP contribution in [0.5, 0.6) is 0 Å². The number of nitrogens with zero attached hydrogens (tertiary/aromatic N) is 2. The van der Waals surface area contributed by atoms with Crippen LogP contribution in [0.4, 0.5) is 0 Å². The Kier molecular flexibility index (Phi) is 2.75. The van der Waals surface area contributed by atoms with Crippen molar-refractivity contribution in [3.05, 3.63) is 34.6 Å². The summed E-state index contributed by atoms with van der Waals surface area (Å²) in [6, 6.07) is 4.96. The Bertz CT molecular complexity index is 569. The predicted octanol–water partition coefficient (Wildman–Crippen LogP) is 2.38. The molecule has 1 aromatic carbocycles. The lowest BCUT2D eigenvalue weighted by atomic mass is 10.2. The van der Waals surface area contributed by atoms with Gasteiger partial charge < -0.3 is 4.74 Å². The van der Waals surface area contributed by atoms with E-state index in [9.17, 15) is 4.79 Å². The summed E-state index contributed by atoms with van der Waals surface area (Å²) in [6.07, 6.45) is 0. The van der Waals surface area contributed by atoms with Gasteiger partial charge in [0.2, 0.25) is 0 Å². The molecule has 0 atom stereocenters. The molecule has 0 aliphatic rings. The molecule has 1 aromatic heterocycles. The van der Waals surface area contributed by atoms with Crippen molar-refractivity contribution in [3.8, 4) is 0 Å². The molecule has 0 radical (unpaired) electrons. The van der Waals surface area contributed by atoms with E-state index in [2.05, 4.69) is 14.7 Å². The zero-order chi connectivity index (χ0) is 11.7. The molecule has 0 N–H and O–H groups in total. The fourth-order valence-electron chi connectivity index (χ4n) is 1.37. The number of methoxy groups -OCH3 is 1. The quantitative estimate of drug-likeness (QED) is 0.714. The lowest BCUT2D eigenvalue weighted by Gasteiger charge is -2.03. The van der Waals surface area contributed by atoms with Gasteiger partial charge in [-0.1, -0.05) is 11.6 Å². The first-order chi connectivity index (χ1) is 7.61. The maximum absolute atomic E-state index is 11.3. The number of fused-ring (bicyclic) bond motifs is 1. The van der Waals surface area contributed by atoms with E-state index < -0.39 is 5.97 Å². The van der Waals surface area contributed by atoms with Crippen LogP contribution in [0.25, 0.3) is 11.0 Å². The average Bonchev–Trinajstić information content (AvgIpc) is 2.29. The summed E-state index contributed by atoms with van der Waals surface area (Å²) in [6.45, 7) is 1.76. The maximum Gasteiger partial charge on any atom is 0.337 e. The van der Waals surface area contributed by atoms with Crippen molar-refractivity contribution in [1.29, 1.82) is 0 Å². The number of benzene rings is 1. The number of aryl methyl sites for hydroxylation is 1. The van der Waals surface area contributed by atoms with Gasteiger partial charge >= 0.3 is 5.97 Å². The van der Waals surface area contributed by atoms with Crippen LogP contribution < -0.4 is 0 Å². The zero-order valence-corrected chi connectivity index (χ0v) is 9.58. The SMILES string of the molecule is COC(=O)c1ccc2nc(Cl)c(C)nc2c1. The second-order valence-electron chi connectivity index (χ2n) is 3.29. The van der Waals surface area contributed by atoms with Gasteiger partial charge in [0.05, 0.1) is 29.4 Å². The number of hydrogen-bond donors (Lipinski definition) is 0. The van der Waals surface area contributed by atoms with Gasteiger partial charge in [0.1, 0.15) is 0 Å². The number of aromatic nitrogens is 2. The first-order valence-electron chi connectivity index (χ1n) is 4.64. The Morgan fingerprint density at radius 3 is 2.75 bits per heavy atom. The summed E-state index contributed by atoms with van der Waals surface area (Å²) in [5.74, 6) is -0.392. The lowest BCUT2D eigenvalue weighted by Crippen LogP contribution is -2.01. The molecule has 0 fully saturated rings. The molecule has 0 amide bonds. The van der Waals surface area contributed by atoms with E-state index in [0.717, 1.165) is 0 Å². The van der Waals surface area contributed by atoms with Gasteiger partial charge in [-0.2, -0.15) is 0 Å². The molecule has 0 spiro atoms. The van der Waals surface area contributed by atoms with Crippen LogP contribution in [0.3, 0.4) is 0 Å². The van der Waals surface area contributed by atoms with Crippen molar-refractivity contribution in [2.45, 2.75) is 6.92 Å². The van der Waals surface area contributed by atoms with Gasteiger partial charge in [-0.25, -0.2) is 14.8 Å². The number of halogens is 1. The zero-order valence-electron chi connectivity index (χ0n) is 8.82. The summed E-state index contributed by atoms with van der Waals surface area (Å²) >= 11 is 5.85. The number of carbonyl (C=O) groups is 1.